The van der Waals surface area contributed by atoms with Crippen molar-refractivity contribution in [1.82, 2.24) is 5.32 Å². The summed E-state index contributed by atoms with van der Waals surface area (Å²) in [4.78, 5) is 0. The van der Waals surface area contributed by atoms with Gasteiger partial charge in [-0.15, -0.1) is 0 Å². The molecule has 1 aromatic rings. The Morgan fingerprint density at radius 2 is 2.30 bits per heavy atom. The average Bonchev–Trinajstić information content (AvgIpc) is 2.94. The Morgan fingerprint density at radius 1 is 1.45 bits per heavy atom. The smallest absolute Gasteiger partial charge is 0.0576 e. The predicted molar refractivity (Wildman–Crippen MR) is 85.4 cm³/mol. The summed E-state index contributed by atoms with van der Waals surface area (Å²) in [7, 11) is 0. The number of rotatable bonds is 7. The quantitative estimate of drug-likeness (QED) is 0.790. The van der Waals surface area contributed by atoms with Gasteiger partial charge in [-0.3, -0.25) is 0 Å². The summed E-state index contributed by atoms with van der Waals surface area (Å²) < 4.78 is 5.69. The monoisotopic (exact) mass is 295 g/mol. The number of hydrogen-bond donors (Lipinski definition) is 1. The molecule has 1 aliphatic heterocycles. The van der Waals surface area contributed by atoms with Gasteiger partial charge in [0.1, 0.15) is 0 Å². The van der Waals surface area contributed by atoms with Crippen LogP contribution in [0.5, 0.6) is 0 Å². The Kier molecular flexibility index (Phi) is 6.34. The lowest BCUT2D eigenvalue weighted by Crippen LogP contribution is -2.21. The number of ether oxygens (including phenoxy) is 1. The van der Waals surface area contributed by atoms with E-state index in [0.29, 0.717) is 12.1 Å². The molecule has 1 saturated heterocycles. The van der Waals surface area contributed by atoms with Crippen LogP contribution in [-0.4, -0.2) is 19.3 Å². The highest BCUT2D eigenvalue weighted by atomic mass is 35.5. The van der Waals surface area contributed by atoms with E-state index in [1.54, 1.807) is 0 Å². The summed E-state index contributed by atoms with van der Waals surface area (Å²) >= 11 is 6.25. The Labute approximate surface area is 127 Å². The highest BCUT2D eigenvalue weighted by molar-refractivity contribution is 6.31. The van der Waals surface area contributed by atoms with Gasteiger partial charge in [-0.25, -0.2) is 0 Å². The molecule has 1 heterocycles. The molecule has 0 aromatic heterocycles. The van der Waals surface area contributed by atoms with Gasteiger partial charge in [0, 0.05) is 17.7 Å². The fourth-order valence-corrected chi connectivity index (χ4v) is 3.07. The van der Waals surface area contributed by atoms with E-state index in [2.05, 4.69) is 30.4 Å². The van der Waals surface area contributed by atoms with Crippen LogP contribution in [-0.2, 0) is 4.74 Å². The van der Waals surface area contributed by atoms with Crippen LogP contribution in [0.1, 0.15) is 56.2 Å². The Bertz CT molecular complexity index is 415. The van der Waals surface area contributed by atoms with Crippen LogP contribution in [0, 0.1) is 6.92 Å². The second-order valence-electron chi connectivity index (χ2n) is 5.68. The molecule has 0 radical (unpaired) electrons. The Balaban J connectivity index is 1.89. The largest absolute Gasteiger partial charge is 0.378 e. The Hall–Kier alpha value is -0.570. The van der Waals surface area contributed by atoms with Gasteiger partial charge in [-0.05, 0) is 62.8 Å². The van der Waals surface area contributed by atoms with Gasteiger partial charge in [0.25, 0.3) is 0 Å². The van der Waals surface area contributed by atoms with Gasteiger partial charge in [-0.2, -0.15) is 0 Å². The fraction of sp³-hybridized carbons (Fsp3) is 0.647. The second kappa shape index (κ2) is 8.02. The maximum Gasteiger partial charge on any atom is 0.0576 e. The van der Waals surface area contributed by atoms with E-state index in [-0.39, 0.29) is 0 Å². The molecule has 20 heavy (non-hydrogen) atoms. The molecular formula is C17H26ClNO. The normalized spacial score (nSPS) is 20.2. The van der Waals surface area contributed by atoms with Crippen molar-refractivity contribution in [3.8, 4) is 0 Å². The van der Waals surface area contributed by atoms with Crippen molar-refractivity contribution in [2.75, 3.05) is 13.2 Å². The molecule has 2 nitrogen and oxygen atoms in total. The van der Waals surface area contributed by atoms with Crippen molar-refractivity contribution in [2.24, 2.45) is 0 Å². The molecule has 0 amide bonds. The minimum atomic E-state index is 0.402. The van der Waals surface area contributed by atoms with Crippen LogP contribution in [0.25, 0.3) is 0 Å². The lowest BCUT2D eigenvalue weighted by molar-refractivity contribution is 0.101. The summed E-state index contributed by atoms with van der Waals surface area (Å²) in [6.07, 6.45) is 6.50. The van der Waals surface area contributed by atoms with Gasteiger partial charge in [-0.1, -0.05) is 30.7 Å². The van der Waals surface area contributed by atoms with Crippen LogP contribution in [0.15, 0.2) is 18.2 Å². The fourth-order valence-electron chi connectivity index (χ4n) is 2.88. The van der Waals surface area contributed by atoms with Crippen LogP contribution in [0.2, 0.25) is 5.02 Å². The molecule has 0 saturated carbocycles. The van der Waals surface area contributed by atoms with E-state index < -0.39 is 0 Å². The van der Waals surface area contributed by atoms with E-state index >= 15 is 0 Å². The third kappa shape index (κ3) is 4.47. The van der Waals surface area contributed by atoms with Crippen molar-refractivity contribution in [1.29, 1.82) is 0 Å². The zero-order valence-electron chi connectivity index (χ0n) is 12.6. The number of hydrogen-bond acceptors (Lipinski definition) is 2. The molecule has 1 aliphatic rings. The zero-order valence-corrected chi connectivity index (χ0v) is 13.4. The summed E-state index contributed by atoms with van der Waals surface area (Å²) in [5, 5.41) is 4.44. The van der Waals surface area contributed by atoms with Gasteiger partial charge < -0.3 is 10.1 Å². The first kappa shape index (κ1) is 15.8. The van der Waals surface area contributed by atoms with Gasteiger partial charge in [0.05, 0.1) is 6.10 Å². The molecule has 0 aliphatic carbocycles. The lowest BCUT2D eigenvalue weighted by atomic mass is 9.98. The molecule has 0 spiro atoms. The van der Waals surface area contributed by atoms with Crippen molar-refractivity contribution in [3.63, 3.8) is 0 Å². The van der Waals surface area contributed by atoms with Gasteiger partial charge >= 0.3 is 0 Å². The second-order valence-corrected chi connectivity index (χ2v) is 6.09. The maximum absolute atomic E-state index is 6.25. The third-order valence-electron chi connectivity index (χ3n) is 4.09. The van der Waals surface area contributed by atoms with Crippen LogP contribution >= 0.6 is 11.6 Å². The molecule has 2 unspecified atom stereocenters. The highest BCUT2D eigenvalue weighted by Crippen LogP contribution is 2.26. The van der Waals surface area contributed by atoms with Crippen LogP contribution < -0.4 is 5.32 Å². The molecule has 2 atom stereocenters. The first-order valence-corrected chi connectivity index (χ1v) is 8.19. The summed E-state index contributed by atoms with van der Waals surface area (Å²) in [5.41, 5.74) is 2.44. The minimum Gasteiger partial charge on any atom is -0.378 e. The van der Waals surface area contributed by atoms with E-state index in [4.69, 9.17) is 16.3 Å². The van der Waals surface area contributed by atoms with Crippen LogP contribution in [0.4, 0.5) is 0 Å². The molecule has 1 aromatic carbocycles. The van der Waals surface area contributed by atoms with E-state index in [0.717, 1.165) is 30.2 Å². The molecule has 0 bridgehead atoms. The van der Waals surface area contributed by atoms with Crippen molar-refractivity contribution in [3.05, 3.63) is 34.3 Å². The standard InChI is InChI=1S/C17H26ClNO/c1-3-19-17(8-4-6-15-7-5-11-20-15)14-10-9-13(2)16(18)12-14/h9-10,12,15,17,19H,3-8,11H2,1-2H3. The third-order valence-corrected chi connectivity index (χ3v) is 4.50. The molecule has 3 heteroatoms. The Morgan fingerprint density at radius 3 is 2.95 bits per heavy atom. The SMILES string of the molecule is CCNC(CCCC1CCCO1)c1ccc(C)c(Cl)c1. The first-order valence-electron chi connectivity index (χ1n) is 7.81. The van der Waals surface area contributed by atoms with Crippen molar-refractivity contribution in [2.45, 2.75) is 58.1 Å². The molecule has 112 valence electrons. The van der Waals surface area contributed by atoms with E-state index in [9.17, 15) is 0 Å². The number of aryl methyl sites for hydroxylation is 1. The molecule has 1 fully saturated rings. The lowest BCUT2D eigenvalue weighted by Gasteiger charge is -2.20. The van der Waals surface area contributed by atoms with Gasteiger partial charge in [0.2, 0.25) is 0 Å². The predicted octanol–water partition coefficient (Wildman–Crippen LogP) is 4.65. The topological polar surface area (TPSA) is 21.3 Å². The summed E-state index contributed by atoms with van der Waals surface area (Å²) in [6.45, 7) is 6.14. The van der Waals surface area contributed by atoms with E-state index in [1.165, 1.54) is 31.2 Å². The first-order chi connectivity index (χ1) is 9.70. The van der Waals surface area contributed by atoms with Gasteiger partial charge in [0.15, 0.2) is 0 Å². The minimum absolute atomic E-state index is 0.402. The molecule has 2 rings (SSSR count). The number of nitrogens with one attached hydrogen (secondary N) is 1. The van der Waals surface area contributed by atoms with Crippen molar-refractivity contribution >= 4 is 11.6 Å². The molecule has 1 N–H and O–H groups in total. The number of benzene rings is 1. The maximum atomic E-state index is 6.25. The van der Waals surface area contributed by atoms with Crippen LogP contribution in [0.3, 0.4) is 0 Å². The summed E-state index contributed by atoms with van der Waals surface area (Å²) in [6, 6.07) is 6.82. The molecular weight excluding hydrogens is 270 g/mol. The highest BCUT2D eigenvalue weighted by Gasteiger charge is 2.17. The zero-order chi connectivity index (χ0) is 14.4. The average molecular weight is 296 g/mol. The number of halogens is 1. The summed E-state index contributed by atoms with van der Waals surface area (Å²) in [5.74, 6) is 0. The van der Waals surface area contributed by atoms with E-state index in [1.807, 2.05) is 6.92 Å². The van der Waals surface area contributed by atoms with Crippen molar-refractivity contribution < 1.29 is 4.74 Å².